The standard InChI is InChI=1S/C12H18N2O3/c1-14(2)10-5-3-9(4-6-10)7-13-11(8-15)12(16)17/h3-6,11,13,15H,7-8H2,1-2H3,(H,16,17). The molecule has 0 bridgehead atoms. The molecular formula is C12H18N2O3. The molecule has 0 spiro atoms. The first-order chi connectivity index (χ1) is 8.04. The molecule has 3 N–H and O–H groups in total. The number of aliphatic carboxylic acids is 1. The van der Waals surface area contributed by atoms with Crippen LogP contribution in [-0.2, 0) is 11.3 Å². The van der Waals surface area contributed by atoms with Crippen molar-refractivity contribution in [2.24, 2.45) is 0 Å². The fraction of sp³-hybridized carbons (Fsp3) is 0.417. The van der Waals surface area contributed by atoms with Gasteiger partial charge in [0, 0.05) is 26.3 Å². The minimum absolute atomic E-state index is 0.412. The lowest BCUT2D eigenvalue weighted by Gasteiger charge is -2.14. The maximum Gasteiger partial charge on any atom is 0.323 e. The molecule has 5 heteroatoms. The molecule has 0 amide bonds. The summed E-state index contributed by atoms with van der Waals surface area (Å²) in [5.74, 6) is -1.04. The van der Waals surface area contributed by atoms with Crippen molar-refractivity contribution in [3.8, 4) is 0 Å². The van der Waals surface area contributed by atoms with E-state index in [1.54, 1.807) is 0 Å². The summed E-state index contributed by atoms with van der Waals surface area (Å²) in [5, 5.41) is 20.4. The van der Waals surface area contributed by atoms with Crippen LogP contribution in [0.15, 0.2) is 24.3 Å². The number of rotatable bonds is 6. The van der Waals surface area contributed by atoms with Crippen molar-refractivity contribution in [3.63, 3.8) is 0 Å². The summed E-state index contributed by atoms with van der Waals surface area (Å²) in [6.45, 7) is 0.0103. The lowest BCUT2D eigenvalue weighted by atomic mass is 10.2. The highest BCUT2D eigenvalue weighted by atomic mass is 16.4. The summed E-state index contributed by atoms with van der Waals surface area (Å²) < 4.78 is 0. The first-order valence-corrected chi connectivity index (χ1v) is 5.38. The Kier molecular flexibility index (Phi) is 4.93. The van der Waals surface area contributed by atoms with Crippen LogP contribution in [0.3, 0.4) is 0 Å². The Labute approximate surface area is 101 Å². The van der Waals surface area contributed by atoms with Gasteiger partial charge in [-0.15, -0.1) is 0 Å². The largest absolute Gasteiger partial charge is 0.480 e. The third kappa shape index (κ3) is 4.05. The van der Waals surface area contributed by atoms with E-state index < -0.39 is 18.6 Å². The number of nitrogens with zero attached hydrogens (tertiary/aromatic N) is 1. The number of aliphatic hydroxyl groups excluding tert-OH is 1. The molecule has 0 saturated carbocycles. The Balaban J connectivity index is 2.55. The van der Waals surface area contributed by atoms with Crippen molar-refractivity contribution < 1.29 is 15.0 Å². The number of aliphatic hydroxyl groups is 1. The first-order valence-electron chi connectivity index (χ1n) is 5.38. The molecular weight excluding hydrogens is 220 g/mol. The van der Waals surface area contributed by atoms with Gasteiger partial charge in [0.15, 0.2) is 0 Å². The van der Waals surface area contributed by atoms with Crippen LogP contribution in [0.4, 0.5) is 5.69 Å². The van der Waals surface area contributed by atoms with Crippen LogP contribution in [0, 0.1) is 0 Å². The molecule has 5 nitrogen and oxygen atoms in total. The third-order valence-electron chi connectivity index (χ3n) is 2.49. The number of carboxylic acids is 1. The van der Waals surface area contributed by atoms with E-state index in [0.29, 0.717) is 6.54 Å². The van der Waals surface area contributed by atoms with E-state index in [0.717, 1.165) is 11.3 Å². The van der Waals surface area contributed by atoms with Gasteiger partial charge in [-0.25, -0.2) is 0 Å². The van der Waals surface area contributed by atoms with Gasteiger partial charge in [-0.3, -0.25) is 10.1 Å². The van der Waals surface area contributed by atoms with Gasteiger partial charge < -0.3 is 15.1 Å². The summed E-state index contributed by atoms with van der Waals surface area (Å²) in [5.41, 5.74) is 2.07. The molecule has 1 atom stereocenters. The lowest BCUT2D eigenvalue weighted by Crippen LogP contribution is -2.39. The van der Waals surface area contributed by atoms with Crippen molar-refractivity contribution in [1.82, 2.24) is 5.32 Å². The van der Waals surface area contributed by atoms with Crippen LogP contribution in [0.5, 0.6) is 0 Å². The van der Waals surface area contributed by atoms with E-state index in [1.165, 1.54) is 0 Å². The van der Waals surface area contributed by atoms with Gasteiger partial charge >= 0.3 is 5.97 Å². The Morgan fingerprint density at radius 2 is 1.94 bits per heavy atom. The minimum Gasteiger partial charge on any atom is -0.480 e. The average Bonchev–Trinajstić information content (AvgIpc) is 2.30. The predicted molar refractivity (Wildman–Crippen MR) is 66.1 cm³/mol. The predicted octanol–water partition coefficient (Wildman–Crippen LogP) is 0.288. The summed E-state index contributed by atoms with van der Waals surface area (Å²) in [7, 11) is 3.92. The Morgan fingerprint density at radius 1 is 1.35 bits per heavy atom. The summed E-state index contributed by atoms with van der Waals surface area (Å²) >= 11 is 0. The van der Waals surface area contributed by atoms with E-state index in [9.17, 15) is 4.79 Å². The summed E-state index contributed by atoms with van der Waals surface area (Å²) in [6.07, 6.45) is 0. The lowest BCUT2D eigenvalue weighted by molar-refractivity contribution is -0.140. The highest BCUT2D eigenvalue weighted by molar-refractivity contribution is 5.73. The first kappa shape index (κ1) is 13.5. The Morgan fingerprint density at radius 3 is 2.35 bits per heavy atom. The number of carbonyl (C=O) groups is 1. The molecule has 0 aliphatic heterocycles. The molecule has 0 heterocycles. The summed E-state index contributed by atoms with van der Waals surface area (Å²) in [6, 6.07) is 6.87. The van der Waals surface area contributed by atoms with Crippen molar-refractivity contribution in [2.45, 2.75) is 12.6 Å². The zero-order valence-electron chi connectivity index (χ0n) is 10.1. The second kappa shape index (κ2) is 6.22. The van der Waals surface area contributed by atoms with Crippen LogP contribution in [0.1, 0.15) is 5.56 Å². The smallest absolute Gasteiger partial charge is 0.323 e. The molecule has 0 aliphatic rings. The van der Waals surface area contributed by atoms with Crippen molar-refractivity contribution in [2.75, 3.05) is 25.6 Å². The van der Waals surface area contributed by atoms with Gasteiger partial charge in [0.2, 0.25) is 0 Å². The number of nitrogens with one attached hydrogen (secondary N) is 1. The van der Waals surface area contributed by atoms with Crippen molar-refractivity contribution in [3.05, 3.63) is 29.8 Å². The maximum absolute atomic E-state index is 10.7. The van der Waals surface area contributed by atoms with Gasteiger partial charge in [0.1, 0.15) is 6.04 Å². The van der Waals surface area contributed by atoms with Crippen molar-refractivity contribution >= 4 is 11.7 Å². The number of hydrogen-bond donors (Lipinski definition) is 3. The highest BCUT2D eigenvalue weighted by Gasteiger charge is 2.14. The third-order valence-corrected chi connectivity index (χ3v) is 2.49. The fourth-order valence-electron chi connectivity index (χ4n) is 1.38. The van der Waals surface area contributed by atoms with Gasteiger partial charge in [-0.2, -0.15) is 0 Å². The fourth-order valence-corrected chi connectivity index (χ4v) is 1.38. The summed E-state index contributed by atoms with van der Waals surface area (Å²) in [4.78, 5) is 12.7. The van der Waals surface area contributed by atoms with Crippen LogP contribution < -0.4 is 10.2 Å². The van der Waals surface area contributed by atoms with Crippen molar-refractivity contribution in [1.29, 1.82) is 0 Å². The quantitative estimate of drug-likeness (QED) is 0.664. The molecule has 94 valence electrons. The molecule has 1 aromatic carbocycles. The SMILES string of the molecule is CN(C)c1ccc(CNC(CO)C(=O)O)cc1. The number of anilines is 1. The number of carboxylic acid groups (broad SMARTS) is 1. The van der Waals surface area contributed by atoms with Crippen LogP contribution >= 0.6 is 0 Å². The molecule has 1 aromatic rings. The zero-order valence-corrected chi connectivity index (χ0v) is 10.1. The number of benzene rings is 1. The molecule has 0 fully saturated rings. The second-order valence-electron chi connectivity index (χ2n) is 4.02. The van der Waals surface area contributed by atoms with Crippen LogP contribution in [0.25, 0.3) is 0 Å². The molecule has 0 saturated heterocycles. The molecule has 17 heavy (non-hydrogen) atoms. The van der Waals surface area contributed by atoms with Crippen LogP contribution in [-0.4, -0.2) is 42.9 Å². The molecule has 0 aliphatic carbocycles. The van der Waals surface area contributed by atoms with Gasteiger partial charge in [-0.1, -0.05) is 12.1 Å². The monoisotopic (exact) mass is 238 g/mol. The molecule has 0 aromatic heterocycles. The minimum atomic E-state index is -1.04. The maximum atomic E-state index is 10.7. The molecule has 0 radical (unpaired) electrons. The van der Waals surface area contributed by atoms with Crippen LogP contribution in [0.2, 0.25) is 0 Å². The molecule has 1 rings (SSSR count). The van der Waals surface area contributed by atoms with Gasteiger partial charge in [-0.05, 0) is 17.7 Å². The topological polar surface area (TPSA) is 72.8 Å². The average molecular weight is 238 g/mol. The zero-order chi connectivity index (χ0) is 12.8. The second-order valence-corrected chi connectivity index (χ2v) is 4.02. The van der Waals surface area contributed by atoms with E-state index in [-0.39, 0.29) is 0 Å². The van der Waals surface area contributed by atoms with Gasteiger partial charge in [0.25, 0.3) is 0 Å². The van der Waals surface area contributed by atoms with E-state index >= 15 is 0 Å². The normalized spacial score (nSPS) is 12.2. The molecule has 1 unspecified atom stereocenters. The van der Waals surface area contributed by atoms with Gasteiger partial charge in [0.05, 0.1) is 6.61 Å². The van der Waals surface area contributed by atoms with E-state index in [2.05, 4.69) is 5.32 Å². The Bertz CT molecular complexity index is 363. The van der Waals surface area contributed by atoms with E-state index in [1.807, 2.05) is 43.3 Å². The number of hydrogen-bond acceptors (Lipinski definition) is 4. The highest BCUT2D eigenvalue weighted by Crippen LogP contribution is 2.12. The Hall–Kier alpha value is -1.59. The van der Waals surface area contributed by atoms with E-state index in [4.69, 9.17) is 10.2 Å².